The van der Waals surface area contributed by atoms with Gasteiger partial charge in [0.2, 0.25) is 0 Å². The van der Waals surface area contributed by atoms with E-state index in [2.05, 4.69) is 0 Å². The lowest BCUT2D eigenvalue weighted by atomic mass is 9.98. The van der Waals surface area contributed by atoms with E-state index in [1.54, 1.807) is 47.4 Å². The number of hydrogen-bond donors (Lipinski definition) is 1. The summed E-state index contributed by atoms with van der Waals surface area (Å²) in [5.41, 5.74) is 1.07. The van der Waals surface area contributed by atoms with E-state index >= 15 is 0 Å². The number of aliphatic hydroxyl groups is 1. The maximum Gasteiger partial charge on any atom is 0.417 e. The maximum atomic E-state index is 13.5. The van der Waals surface area contributed by atoms with Gasteiger partial charge in [-0.1, -0.05) is 41.9 Å². The summed E-state index contributed by atoms with van der Waals surface area (Å²) >= 11 is 5.79. The Bertz CT molecular complexity index is 1280. The Hall–Kier alpha value is -3.27. The van der Waals surface area contributed by atoms with E-state index in [-0.39, 0.29) is 29.6 Å². The molecule has 3 rings (SSSR count). The van der Waals surface area contributed by atoms with Crippen LogP contribution in [0.3, 0.4) is 0 Å². The van der Waals surface area contributed by atoms with Crippen LogP contribution in [0.4, 0.5) is 13.2 Å². The van der Waals surface area contributed by atoms with Gasteiger partial charge >= 0.3 is 6.18 Å². The number of hydrogen-bond acceptors (Lipinski definition) is 5. The number of alkyl halides is 3. The summed E-state index contributed by atoms with van der Waals surface area (Å²) < 4.78 is 51.6. The standard InChI is InChI=1S/C30H34ClF3N2O4/c1-5-36(6-2)29(38)22-11-14-27(28(15-22)39-4)40-19-24(37)18-35(3)17-20-7-9-21(10-8-20)25-13-12-23(31)16-26(25)30(32,33)34/h7-16,24,37H,5-6,17-19H2,1-4H3. The zero-order chi connectivity index (χ0) is 29.4. The van der Waals surface area contributed by atoms with E-state index in [0.717, 1.165) is 11.6 Å². The largest absolute Gasteiger partial charge is 0.493 e. The molecule has 0 bridgehead atoms. The molecule has 6 nitrogen and oxygen atoms in total. The van der Waals surface area contributed by atoms with E-state index in [1.165, 1.54) is 19.2 Å². The second-order valence-corrected chi connectivity index (χ2v) is 9.83. The predicted octanol–water partition coefficient (Wildman–Crippen LogP) is 6.39. The Morgan fingerprint density at radius 1 is 1.00 bits per heavy atom. The maximum absolute atomic E-state index is 13.5. The molecule has 0 spiro atoms. The van der Waals surface area contributed by atoms with Gasteiger partial charge in [0.1, 0.15) is 12.7 Å². The van der Waals surface area contributed by atoms with Crippen LogP contribution in [0.1, 0.15) is 35.3 Å². The van der Waals surface area contributed by atoms with E-state index in [0.29, 0.717) is 42.3 Å². The predicted molar refractivity (Wildman–Crippen MR) is 150 cm³/mol. The van der Waals surface area contributed by atoms with Gasteiger partial charge in [0.25, 0.3) is 5.91 Å². The smallest absolute Gasteiger partial charge is 0.417 e. The van der Waals surface area contributed by atoms with Gasteiger partial charge in [0.15, 0.2) is 11.5 Å². The van der Waals surface area contributed by atoms with Gasteiger partial charge in [-0.3, -0.25) is 9.69 Å². The topological polar surface area (TPSA) is 62.2 Å². The van der Waals surface area contributed by atoms with Crippen LogP contribution in [-0.2, 0) is 12.7 Å². The molecule has 1 atom stereocenters. The molecule has 40 heavy (non-hydrogen) atoms. The summed E-state index contributed by atoms with van der Waals surface area (Å²) in [6.45, 7) is 5.78. The Kier molecular flexibility index (Phi) is 10.8. The highest BCUT2D eigenvalue weighted by molar-refractivity contribution is 6.30. The zero-order valence-electron chi connectivity index (χ0n) is 23.0. The minimum absolute atomic E-state index is 0.000236. The first-order valence-corrected chi connectivity index (χ1v) is 13.3. The molecule has 1 amide bonds. The molecule has 216 valence electrons. The third kappa shape index (κ3) is 8.13. The first-order chi connectivity index (χ1) is 19.0. The normalized spacial score (nSPS) is 12.3. The molecule has 0 aliphatic carbocycles. The third-order valence-corrected chi connectivity index (χ3v) is 6.65. The molecule has 0 fully saturated rings. The summed E-state index contributed by atoms with van der Waals surface area (Å²) in [6.07, 6.45) is -5.35. The number of benzene rings is 3. The van der Waals surface area contributed by atoms with Crippen molar-refractivity contribution in [1.29, 1.82) is 0 Å². The van der Waals surface area contributed by atoms with E-state index in [4.69, 9.17) is 21.1 Å². The second kappa shape index (κ2) is 13.9. The molecule has 3 aromatic carbocycles. The number of methoxy groups -OCH3 is 1. The number of carbonyl (C=O) groups excluding carboxylic acids is 1. The van der Waals surface area contributed by atoms with Crippen LogP contribution in [0.5, 0.6) is 11.5 Å². The molecular formula is C30H34ClF3N2O4. The number of likely N-dealkylation sites (N-methyl/N-ethyl adjacent to an activating group) is 1. The summed E-state index contributed by atoms with van der Waals surface area (Å²) in [7, 11) is 3.31. The fourth-order valence-electron chi connectivity index (χ4n) is 4.38. The van der Waals surface area contributed by atoms with Crippen molar-refractivity contribution >= 4 is 17.5 Å². The van der Waals surface area contributed by atoms with E-state index in [9.17, 15) is 23.1 Å². The third-order valence-electron chi connectivity index (χ3n) is 6.42. The van der Waals surface area contributed by atoms with E-state index < -0.39 is 17.8 Å². The first kappa shape index (κ1) is 31.3. The highest BCUT2D eigenvalue weighted by atomic mass is 35.5. The fourth-order valence-corrected chi connectivity index (χ4v) is 4.55. The first-order valence-electron chi connectivity index (χ1n) is 12.9. The Morgan fingerprint density at radius 2 is 1.68 bits per heavy atom. The number of aliphatic hydroxyl groups excluding tert-OH is 1. The SMILES string of the molecule is CCN(CC)C(=O)c1ccc(OCC(O)CN(C)Cc2ccc(-c3ccc(Cl)cc3C(F)(F)F)cc2)c(OC)c1. The van der Waals surface area contributed by atoms with Crippen LogP contribution in [0.2, 0.25) is 5.02 Å². The van der Waals surface area contributed by atoms with Crippen LogP contribution < -0.4 is 9.47 Å². The highest BCUT2D eigenvalue weighted by Crippen LogP contribution is 2.38. The van der Waals surface area contributed by atoms with Crippen LogP contribution in [0, 0.1) is 0 Å². The van der Waals surface area contributed by atoms with Crippen molar-refractivity contribution in [2.45, 2.75) is 32.7 Å². The van der Waals surface area contributed by atoms with Crippen molar-refractivity contribution < 1.29 is 32.5 Å². The zero-order valence-corrected chi connectivity index (χ0v) is 23.7. The molecule has 0 saturated heterocycles. The Morgan fingerprint density at radius 3 is 2.27 bits per heavy atom. The number of ether oxygens (including phenoxy) is 2. The van der Waals surface area contributed by atoms with Crippen LogP contribution in [-0.4, -0.2) is 67.3 Å². The van der Waals surface area contributed by atoms with Crippen molar-refractivity contribution in [2.75, 3.05) is 40.4 Å². The van der Waals surface area contributed by atoms with Crippen molar-refractivity contribution in [3.8, 4) is 22.6 Å². The summed E-state index contributed by atoms with van der Waals surface area (Å²) in [4.78, 5) is 16.2. The molecule has 0 heterocycles. The fraction of sp³-hybridized carbons (Fsp3) is 0.367. The number of nitrogens with zero attached hydrogens (tertiary/aromatic N) is 2. The molecule has 0 radical (unpaired) electrons. The quantitative estimate of drug-likeness (QED) is 0.270. The van der Waals surface area contributed by atoms with Crippen molar-refractivity contribution in [1.82, 2.24) is 9.80 Å². The van der Waals surface area contributed by atoms with Gasteiger partial charge in [-0.25, -0.2) is 0 Å². The average molecular weight is 579 g/mol. The average Bonchev–Trinajstić information content (AvgIpc) is 2.92. The number of halogens is 4. The molecule has 1 unspecified atom stereocenters. The lowest BCUT2D eigenvalue weighted by Gasteiger charge is -2.22. The summed E-state index contributed by atoms with van der Waals surface area (Å²) in [6, 6.07) is 15.5. The minimum atomic E-state index is -4.52. The lowest BCUT2D eigenvalue weighted by molar-refractivity contribution is -0.137. The second-order valence-electron chi connectivity index (χ2n) is 9.39. The monoisotopic (exact) mass is 578 g/mol. The molecule has 10 heteroatoms. The van der Waals surface area contributed by atoms with Gasteiger partial charge in [-0.2, -0.15) is 13.2 Å². The van der Waals surface area contributed by atoms with Gasteiger partial charge < -0.3 is 19.5 Å². The van der Waals surface area contributed by atoms with Crippen LogP contribution >= 0.6 is 11.6 Å². The Labute approximate surface area is 237 Å². The van der Waals surface area contributed by atoms with Crippen molar-refractivity contribution in [3.63, 3.8) is 0 Å². The number of amides is 1. The van der Waals surface area contributed by atoms with Gasteiger partial charge in [0, 0.05) is 36.8 Å². The number of carbonyl (C=O) groups is 1. The molecule has 0 aromatic heterocycles. The van der Waals surface area contributed by atoms with Gasteiger partial charge in [-0.05, 0) is 67.9 Å². The van der Waals surface area contributed by atoms with Crippen molar-refractivity contribution in [2.24, 2.45) is 0 Å². The number of rotatable bonds is 12. The van der Waals surface area contributed by atoms with Gasteiger partial charge in [0.05, 0.1) is 12.7 Å². The molecule has 0 saturated carbocycles. The minimum Gasteiger partial charge on any atom is -0.493 e. The summed E-state index contributed by atoms with van der Waals surface area (Å²) in [5.74, 6) is 0.711. The molecular weight excluding hydrogens is 545 g/mol. The highest BCUT2D eigenvalue weighted by Gasteiger charge is 2.34. The van der Waals surface area contributed by atoms with Crippen molar-refractivity contribution in [3.05, 3.63) is 82.4 Å². The molecule has 0 aliphatic heterocycles. The van der Waals surface area contributed by atoms with Crippen LogP contribution in [0.15, 0.2) is 60.7 Å². The Balaban J connectivity index is 1.58. The molecule has 0 aliphatic rings. The molecule has 3 aromatic rings. The lowest BCUT2D eigenvalue weighted by Crippen LogP contribution is -2.32. The molecule has 1 N–H and O–H groups in total. The van der Waals surface area contributed by atoms with Crippen LogP contribution in [0.25, 0.3) is 11.1 Å². The van der Waals surface area contributed by atoms with Gasteiger partial charge in [-0.15, -0.1) is 0 Å². The van der Waals surface area contributed by atoms with E-state index in [1.807, 2.05) is 25.8 Å². The summed E-state index contributed by atoms with van der Waals surface area (Å²) in [5, 5.41) is 10.6.